The third kappa shape index (κ3) is 4.33. The summed E-state index contributed by atoms with van der Waals surface area (Å²) in [5, 5.41) is 2.76. The maximum atomic E-state index is 12.4. The van der Waals surface area contributed by atoms with Crippen LogP contribution in [0.25, 0.3) is 0 Å². The molecule has 0 atom stereocenters. The number of hydrogen-bond acceptors (Lipinski definition) is 5. The molecule has 0 spiro atoms. The standard InChI is InChI=1S/C19H22N2O5S/c1-13-5-4-6-16(14(13)2)21(27(3,23)24)11-19(22)20-10-15-7-8-17-18(9-15)26-12-25-17/h4-9H,10-12H2,1-3H3,(H,20,22). The van der Waals surface area contributed by atoms with Crippen LogP contribution < -0.4 is 19.1 Å². The summed E-state index contributed by atoms with van der Waals surface area (Å²) in [5.41, 5.74) is 3.13. The number of nitrogens with one attached hydrogen (secondary N) is 1. The van der Waals surface area contributed by atoms with E-state index in [0.717, 1.165) is 27.3 Å². The lowest BCUT2D eigenvalue weighted by atomic mass is 10.1. The van der Waals surface area contributed by atoms with Gasteiger partial charge < -0.3 is 14.8 Å². The predicted molar refractivity (Wildman–Crippen MR) is 103 cm³/mol. The topological polar surface area (TPSA) is 84.9 Å². The van der Waals surface area contributed by atoms with Gasteiger partial charge in [-0.05, 0) is 48.7 Å². The van der Waals surface area contributed by atoms with Crippen LogP contribution in [-0.2, 0) is 21.4 Å². The molecule has 1 aliphatic heterocycles. The van der Waals surface area contributed by atoms with E-state index in [4.69, 9.17) is 9.47 Å². The fourth-order valence-corrected chi connectivity index (χ4v) is 3.73. The average molecular weight is 390 g/mol. The number of nitrogens with zero attached hydrogens (tertiary/aromatic N) is 1. The molecule has 1 amide bonds. The first-order valence-corrected chi connectivity index (χ1v) is 10.3. The lowest BCUT2D eigenvalue weighted by Crippen LogP contribution is -2.40. The van der Waals surface area contributed by atoms with Crippen LogP contribution in [0, 0.1) is 13.8 Å². The summed E-state index contributed by atoms with van der Waals surface area (Å²) in [5.74, 6) is 0.914. The van der Waals surface area contributed by atoms with Crippen molar-refractivity contribution in [3.8, 4) is 11.5 Å². The van der Waals surface area contributed by atoms with Gasteiger partial charge in [0.15, 0.2) is 11.5 Å². The summed E-state index contributed by atoms with van der Waals surface area (Å²) in [7, 11) is -3.61. The number of aryl methyl sites for hydroxylation is 1. The van der Waals surface area contributed by atoms with Gasteiger partial charge in [-0.15, -0.1) is 0 Å². The zero-order valence-corrected chi connectivity index (χ0v) is 16.3. The summed E-state index contributed by atoms with van der Waals surface area (Å²) in [6, 6.07) is 10.8. The third-order valence-electron chi connectivity index (χ3n) is 4.46. The maximum absolute atomic E-state index is 12.4. The van der Waals surface area contributed by atoms with Gasteiger partial charge in [-0.1, -0.05) is 18.2 Å². The van der Waals surface area contributed by atoms with Gasteiger partial charge in [0.05, 0.1) is 11.9 Å². The Labute approximate surface area is 158 Å². The Hall–Kier alpha value is -2.74. The molecule has 27 heavy (non-hydrogen) atoms. The Bertz CT molecular complexity index is 972. The summed E-state index contributed by atoms with van der Waals surface area (Å²) < 4.78 is 36.2. The lowest BCUT2D eigenvalue weighted by molar-refractivity contribution is -0.119. The number of sulfonamides is 1. The second-order valence-electron chi connectivity index (χ2n) is 6.45. The molecule has 0 unspecified atom stereocenters. The molecule has 8 heteroatoms. The molecule has 7 nitrogen and oxygen atoms in total. The van der Waals surface area contributed by atoms with Crippen LogP contribution in [0.1, 0.15) is 16.7 Å². The first-order chi connectivity index (χ1) is 12.8. The van der Waals surface area contributed by atoms with Crippen LogP contribution in [-0.4, -0.2) is 33.9 Å². The zero-order chi connectivity index (χ0) is 19.6. The molecule has 0 saturated heterocycles. The van der Waals surface area contributed by atoms with E-state index in [1.165, 1.54) is 0 Å². The first kappa shape index (κ1) is 19.0. The van der Waals surface area contributed by atoms with Crippen molar-refractivity contribution in [1.82, 2.24) is 5.32 Å². The van der Waals surface area contributed by atoms with Crippen LogP contribution in [0.3, 0.4) is 0 Å². The summed E-state index contributed by atoms with van der Waals surface area (Å²) in [4.78, 5) is 12.4. The van der Waals surface area contributed by atoms with Gasteiger partial charge in [0.2, 0.25) is 22.7 Å². The molecule has 1 heterocycles. The molecular weight excluding hydrogens is 368 g/mol. The van der Waals surface area contributed by atoms with E-state index >= 15 is 0 Å². The monoisotopic (exact) mass is 390 g/mol. The highest BCUT2D eigenvalue weighted by Crippen LogP contribution is 2.32. The van der Waals surface area contributed by atoms with Crippen molar-refractivity contribution < 1.29 is 22.7 Å². The number of anilines is 1. The minimum absolute atomic E-state index is 0.185. The Balaban J connectivity index is 1.71. The molecule has 0 saturated carbocycles. The number of hydrogen-bond donors (Lipinski definition) is 1. The van der Waals surface area contributed by atoms with E-state index in [9.17, 15) is 13.2 Å². The molecule has 0 bridgehead atoms. The quantitative estimate of drug-likeness (QED) is 0.817. The van der Waals surface area contributed by atoms with Crippen molar-refractivity contribution in [2.75, 3.05) is 23.9 Å². The number of rotatable bonds is 6. The Kier molecular flexibility index (Phi) is 5.27. The van der Waals surface area contributed by atoms with Crippen LogP contribution in [0.2, 0.25) is 0 Å². The molecule has 0 radical (unpaired) electrons. The average Bonchev–Trinajstić information content (AvgIpc) is 3.07. The van der Waals surface area contributed by atoms with Gasteiger partial charge in [0.1, 0.15) is 6.54 Å². The highest BCUT2D eigenvalue weighted by Gasteiger charge is 2.23. The number of carbonyl (C=O) groups excluding carboxylic acids is 1. The number of benzene rings is 2. The van der Waals surface area contributed by atoms with E-state index in [2.05, 4.69) is 5.32 Å². The number of fused-ring (bicyclic) bond motifs is 1. The van der Waals surface area contributed by atoms with Gasteiger partial charge in [0, 0.05) is 6.54 Å². The molecule has 2 aromatic carbocycles. The van der Waals surface area contributed by atoms with Gasteiger partial charge in [-0.25, -0.2) is 8.42 Å². The number of amides is 1. The minimum Gasteiger partial charge on any atom is -0.454 e. The van der Waals surface area contributed by atoms with Crippen LogP contribution in [0.15, 0.2) is 36.4 Å². The number of ether oxygens (including phenoxy) is 2. The second kappa shape index (κ2) is 7.48. The van der Waals surface area contributed by atoms with Crippen LogP contribution in [0.4, 0.5) is 5.69 Å². The van der Waals surface area contributed by atoms with Crippen molar-refractivity contribution in [3.63, 3.8) is 0 Å². The molecule has 2 aromatic rings. The van der Waals surface area contributed by atoms with E-state index in [-0.39, 0.29) is 25.8 Å². The zero-order valence-electron chi connectivity index (χ0n) is 15.5. The Morgan fingerprint density at radius 3 is 2.63 bits per heavy atom. The first-order valence-electron chi connectivity index (χ1n) is 8.45. The molecule has 1 N–H and O–H groups in total. The van der Waals surface area contributed by atoms with Gasteiger partial charge in [-0.3, -0.25) is 9.10 Å². The fraction of sp³-hybridized carbons (Fsp3) is 0.316. The van der Waals surface area contributed by atoms with Gasteiger partial charge >= 0.3 is 0 Å². The molecule has 0 fully saturated rings. The van der Waals surface area contributed by atoms with Crippen molar-refractivity contribution in [3.05, 3.63) is 53.1 Å². The molecule has 1 aliphatic rings. The number of carbonyl (C=O) groups is 1. The smallest absolute Gasteiger partial charge is 0.241 e. The minimum atomic E-state index is -3.61. The highest BCUT2D eigenvalue weighted by molar-refractivity contribution is 7.92. The maximum Gasteiger partial charge on any atom is 0.241 e. The normalized spacial score (nSPS) is 12.7. The van der Waals surface area contributed by atoms with Crippen molar-refractivity contribution in [1.29, 1.82) is 0 Å². The summed E-state index contributed by atoms with van der Waals surface area (Å²) in [6.07, 6.45) is 1.10. The van der Waals surface area contributed by atoms with Crippen molar-refractivity contribution in [2.45, 2.75) is 20.4 Å². The van der Waals surface area contributed by atoms with Crippen molar-refractivity contribution >= 4 is 21.6 Å². The summed E-state index contributed by atoms with van der Waals surface area (Å²) in [6.45, 7) is 3.91. The van der Waals surface area contributed by atoms with Gasteiger partial charge in [-0.2, -0.15) is 0 Å². The lowest BCUT2D eigenvalue weighted by Gasteiger charge is -2.24. The Morgan fingerprint density at radius 1 is 1.15 bits per heavy atom. The third-order valence-corrected chi connectivity index (χ3v) is 5.59. The molecule has 0 aliphatic carbocycles. The van der Waals surface area contributed by atoms with E-state index in [1.807, 2.05) is 26.0 Å². The van der Waals surface area contributed by atoms with Crippen LogP contribution in [0.5, 0.6) is 11.5 Å². The van der Waals surface area contributed by atoms with Crippen LogP contribution >= 0.6 is 0 Å². The fourth-order valence-electron chi connectivity index (χ4n) is 2.82. The molecule has 144 valence electrons. The molecular formula is C19H22N2O5S. The largest absolute Gasteiger partial charge is 0.454 e. The SMILES string of the molecule is Cc1cccc(N(CC(=O)NCc2ccc3c(c2)OCO3)S(C)(=O)=O)c1C. The molecule has 0 aromatic heterocycles. The summed E-state index contributed by atoms with van der Waals surface area (Å²) >= 11 is 0. The molecule has 3 rings (SSSR count). The highest BCUT2D eigenvalue weighted by atomic mass is 32.2. The Morgan fingerprint density at radius 2 is 1.89 bits per heavy atom. The van der Waals surface area contributed by atoms with E-state index in [0.29, 0.717) is 17.2 Å². The second-order valence-corrected chi connectivity index (χ2v) is 8.36. The predicted octanol–water partition coefficient (Wildman–Crippen LogP) is 2.11. The van der Waals surface area contributed by atoms with Crippen molar-refractivity contribution in [2.24, 2.45) is 0 Å². The van der Waals surface area contributed by atoms with Gasteiger partial charge in [0.25, 0.3) is 0 Å². The van der Waals surface area contributed by atoms with E-state index in [1.54, 1.807) is 24.3 Å². The van der Waals surface area contributed by atoms with E-state index < -0.39 is 10.0 Å².